The number of ether oxygens (including phenoxy) is 1. The Hall–Kier alpha value is -2.91. The molecule has 2 aromatic heterocycles. The summed E-state index contributed by atoms with van der Waals surface area (Å²) in [5, 5.41) is 5.98. The fraction of sp³-hybridized carbons (Fsp3) is 0.150. The highest BCUT2D eigenvalue weighted by molar-refractivity contribution is 9.10. The van der Waals surface area contributed by atoms with Gasteiger partial charge in [0.1, 0.15) is 4.88 Å². The number of furan rings is 1. The number of hydrogen-bond donors (Lipinski definition) is 2. The number of carbonyl (C=O) groups excluding carboxylic acids is 3. The zero-order chi connectivity index (χ0) is 21.0. The fourth-order valence-electron chi connectivity index (χ4n) is 2.49. The summed E-state index contributed by atoms with van der Waals surface area (Å²) in [6.45, 7) is 3.80. The Kier molecular flexibility index (Phi) is 6.50. The smallest absolute Gasteiger partial charge is 0.348 e. The number of hydrogen-bond acceptors (Lipinski definition) is 6. The average Bonchev–Trinajstić information content (AvgIpc) is 3.27. The Balaban J connectivity index is 1.70. The van der Waals surface area contributed by atoms with Crippen molar-refractivity contribution >= 4 is 55.7 Å². The van der Waals surface area contributed by atoms with E-state index in [1.807, 2.05) is 0 Å². The molecule has 1 aromatic carbocycles. The van der Waals surface area contributed by atoms with Gasteiger partial charge in [-0.25, -0.2) is 4.79 Å². The van der Waals surface area contributed by atoms with Crippen molar-refractivity contribution in [2.45, 2.75) is 13.8 Å². The number of aryl methyl sites for hydroxylation is 1. The maximum Gasteiger partial charge on any atom is 0.348 e. The quantitative estimate of drug-likeness (QED) is 0.482. The Morgan fingerprint density at radius 1 is 1.10 bits per heavy atom. The fourth-order valence-corrected chi connectivity index (χ4v) is 3.76. The van der Waals surface area contributed by atoms with Crippen LogP contribution in [0.5, 0.6) is 0 Å². The third kappa shape index (κ3) is 5.12. The van der Waals surface area contributed by atoms with Gasteiger partial charge in [-0.1, -0.05) is 6.07 Å². The van der Waals surface area contributed by atoms with Crippen molar-refractivity contribution in [2.24, 2.45) is 0 Å². The van der Waals surface area contributed by atoms with E-state index in [2.05, 4.69) is 26.6 Å². The summed E-state index contributed by atoms with van der Waals surface area (Å²) in [7, 11) is 0. The molecular weight excluding hydrogens is 460 g/mol. The number of rotatable bonds is 6. The molecule has 0 saturated carbocycles. The summed E-state index contributed by atoms with van der Waals surface area (Å²) in [5.74, 6) is -1.06. The summed E-state index contributed by atoms with van der Waals surface area (Å²) in [6.07, 6.45) is 0. The predicted octanol–water partition coefficient (Wildman–Crippen LogP) is 5.09. The van der Waals surface area contributed by atoms with Crippen LogP contribution in [0.1, 0.15) is 43.1 Å². The van der Waals surface area contributed by atoms with Crippen molar-refractivity contribution < 1.29 is 23.5 Å². The van der Waals surface area contributed by atoms with Crippen LogP contribution < -0.4 is 10.6 Å². The minimum absolute atomic E-state index is 0.146. The Bertz CT molecular complexity index is 1070. The van der Waals surface area contributed by atoms with E-state index in [0.717, 1.165) is 16.9 Å². The number of esters is 1. The molecule has 0 saturated heterocycles. The Morgan fingerprint density at radius 2 is 1.90 bits per heavy atom. The highest BCUT2D eigenvalue weighted by Gasteiger charge is 2.17. The molecule has 29 heavy (non-hydrogen) atoms. The molecule has 0 radical (unpaired) electrons. The van der Waals surface area contributed by atoms with Crippen molar-refractivity contribution in [1.29, 1.82) is 0 Å². The molecule has 150 valence electrons. The largest absolute Gasteiger partial charge is 0.462 e. The van der Waals surface area contributed by atoms with E-state index in [1.165, 1.54) is 6.07 Å². The molecule has 0 fully saturated rings. The van der Waals surface area contributed by atoms with Crippen molar-refractivity contribution in [1.82, 2.24) is 0 Å². The van der Waals surface area contributed by atoms with Crippen molar-refractivity contribution in [3.8, 4) is 0 Å². The molecule has 7 nitrogen and oxygen atoms in total. The molecule has 3 rings (SSSR count). The number of anilines is 2. The SMILES string of the molecule is CCOC(=O)c1sc(NC(=O)c2cccc(NC(=O)c3ccc(Br)o3)c2)cc1C. The third-order valence-corrected chi connectivity index (χ3v) is 5.35. The van der Waals surface area contributed by atoms with E-state index in [-0.39, 0.29) is 18.3 Å². The molecule has 0 bridgehead atoms. The van der Waals surface area contributed by atoms with Gasteiger partial charge in [-0.3, -0.25) is 9.59 Å². The first-order valence-corrected chi connectivity index (χ1v) is 10.2. The second-order valence-electron chi connectivity index (χ2n) is 5.94. The summed E-state index contributed by atoms with van der Waals surface area (Å²) in [6, 6.07) is 11.4. The van der Waals surface area contributed by atoms with Crippen molar-refractivity contribution in [2.75, 3.05) is 17.2 Å². The van der Waals surface area contributed by atoms with Gasteiger partial charge >= 0.3 is 5.97 Å². The number of thiophene rings is 1. The van der Waals surface area contributed by atoms with Crippen LogP contribution in [0.25, 0.3) is 0 Å². The highest BCUT2D eigenvalue weighted by atomic mass is 79.9. The second kappa shape index (κ2) is 9.06. The van der Waals surface area contributed by atoms with Gasteiger partial charge in [0, 0.05) is 11.3 Å². The molecular formula is C20H17BrN2O5S. The first kappa shape index (κ1) is 20.8. The zero-order valence-corrected chi connectivity index (χ0v) is 18.0. The summed E-state index contributed by atoms with van der Waals surface area (Å²) in [5.41, 5.74) is 1.53. The monoisotopic (exact) mass is 476 g/mol. The Morgan fingerprint density at radius 3 is 2.59 bits per heavy atom. The molecule has 9 heteroatoms. The number of nitrogens with one attached hydrogen (secondary N) is 2. The van der Waals surface area contributed by atoms with Crippen LogP contribution in [-0.4, -0.2) is 24.4 Å². The predicted molar refractivity (Wildman–Crippen MR) is 114 cm³/mol. The molecule has 0 aliphatic heterocycles. The van der Waals surface area contributed by atoms with E-state index in [9.17, 15) is 14.4 Å². The molecule has 0 aliphatic carbocycles. The van der Waals surface area contributed by atoms with E-state index in [0.29, 0.717) is 25.8 Å². The standard InChI is InChI=1S/C20H17BrN2O5S/c1-3-27-20(26)17-11(2)9-16(29-17)23-18(24)12-5-4-6-13(10-12)22-19(25)14-7-8-15(21)28-14/h4-10H,3H2,1-2H3,(H,22,25)(H,23,24). The molecule has 0 unspecified atom stereocenters. The zero-order valence-electron chi connectivity index (χ0n) is 15.6. The third-order valence-electron chi connectivity index (χ3n) is 3.79. The first-order valence-electron chi connectivity index (χ1n) is 8.63. The van der Waals surface area contributed by atoms with E-state index in [1.54, 1.807) is 50.2 Å². The van der Waals surface area contributed by atoms with Gasteiger partial charge in [-0.15, -0.1) is 11.3 Å². The van der Waals surface area contributed by atoms with Crippen LogP contribution in [0.2, 0.25) is 0 Å². The van der Waals surface area contributed by atoms with Gasteiger partial charge in [0.2, 0.25) is 0 Å². The van der Waals surface area contributed by atoms with Gasteiger partial charge < -0.3 is 19.8 Å². The topological polar surface area (TPSA) is 97.6 Å². The summed E-state index contributed by atoms with van der Waals surface area (Å²) >= 11 is 4.30. The first-order chi connectivity index (χ1) is 13.9. The minimum atomic E-state index is -0.429. The normalized spacial score (nSPS) is 10.4. The molecule has 0 atom stereocenters. The lowest BCUT2D eigenvalue weighted by molar-refractivity contribution is 0.0531. The summed E-state index contributed by atoms with van der Waals surface area (Å²) in [4.78, 5) is 37.1. The van der Waals surface area contributed by atoms with Gasteiger partial charge in [0.05, 0.1) is 11.6 Å². The van der Waals surface area contributed by atoms with Crippen LogP contribution in [0.3, 0.4) is 0 Å². The van der Waals surface area contributed by atoms with Crippen molar-refractivity contribution in [3.05, 3.63) is 68.9 Å². The number of halogens is 1. The van der Waals surface area contributed by atoms with Crippen LogP contribution in [-0.2, 0) is 4.74 Å². The molecule has 2 N–H and O–H groups in total. The number of carbonyl (C=O) groups is 3. The maximum atomic E-state index is 12.6. The molecule has 0 spiro atoms. The van der Waals surface area contributed by atoms with Crippen LogP contribution in [0.4, 0.5) is 10.7 Å². The highest BCUT2D eigenvalue weighted by Crippen LogP contribution is 2.28. The van der Waals surface area contributed by atoms with E-state index in [4.69, 9.17) is 9.15 Å². The van der Waals surface area contributed by atoms with Crippen LogP contribution >= 0.6 is 27.3 Å². The Labute approximate surface area is 179 Å². The lowest BCUT2D eigenvalue weighted by Crippen LogP contribution is -2.13. The van der Waals surface area contributed by atoms with Gasteiger partial charge in [0.15, 0.2) is 10.4 Å². The van der Waals surface area contributed by atoms with Gasteiger partial charge in [0.25, 0.3) is 11.8 Å². The maximum absolute atomic E-state index is 12.6. The minimum Gasteiger partial charge on any atom is -0.462 e. The molecule has 2 amide bonds. The lowest BCUT2D eigenvalue weighted by Gasteiger charge is -2.06. The molecule has 2 heterocycles. The number of amides is 2. The molecule has 0 aliphatic rings. The van der Waals surface area contributed by atoms with E-state index >= 15 is 0 Å². The number of benzene rings is 1. The van der Waals surface area contributed by atoms with E-state index < -0.39 is 11.9 Å². The van der Waals surface area contributed by atoms with Gasteiger partial charge in [-0.05, 0) is 71.7 Å². The summed E-state index contributed by atoms with van der Waals surface area (Å²) < 4.78 is 10.7. The van der Waals surface area contributed by atoms with Crippen molar-refractivity contribution in [3.63, 3.8) is 0 Å². The van der Waals surface area contributed by atoms with Crippen LogP contribution in [0, 0.1) is 6.92 Å². The average molecular weight is 477 g/mol. The lowest BCUT2D eigenvalue weighted by atomic mass is 10.2. The second-order valence-corrected chi connectivity index (χ2v) is 7.77. The van der Waals surface area contributed by atoms with Crippen LogP contribution in [0.15, 0.2) is 51.6 Å². The van der Waals surface area contributed by atoms with Gasteiger partial charge in [-0.2, -0.15) is 0 Å². The molecule has 3 aromatic rings.